The molecule has 23 heavy (non-hydrogen) atoms. The predicted octanol–water partition coefficient (Wildman–Crippen LogP) is 3.42. The summed E-state index contributed by atoms with van der Waals surface area (Å²) in [7, 11) is 0. The number of hydrogen-bond acceptors (Lipinski definition) is 3. The summed E-state index contributed by atoms with van der Waals surface area (Å²) in [6, 6.07) is 6.14. The van der Waals surface area contributed by atoms with Crippen LogP contribution in [0.2, 0.25) is 0 Å². The molecular formula is C16H23ClF2N2O2. The fourth-order valence-corrected chi connectivity index (χ4v) is 2.84. The van der Waals surface area contributed by atoms with E-state index in [0.29, 0.717) is 0 Å². The summed E-state index contributed by atoms with van der Waals surface area (Å²) < 4.78 is 28.9. The third kappa shape index (κ3) is 4.78. The number of amides is 1. The van der Waals surface area contributed by atoms with Crippen molar-refractivity contribution in [1.29, 1.82) is 0 Å². The standard InChI is InChI=1S/C16H22F2N2O2.ClH/c1-3-16(8-5-9-19-16)14(21)20-11(2)12-6-4-7-13(10-12)22-15(17)18;/h4,6-7,10-11,15,19H,3,5,8-9H2,1-2H3,(H,20,21);1H. The molecule has 2 unspecified atom stereocenters. The average Bonchev–Trinajstić information content (AvgIpc) is 2.97. The third-order valence-corrected chi connectivity index (χ3v) is 4.21. The summed E-state index contributed by atoms with van der Waals surface area (Å²) in [5.41, 5.74) is 0.224. The highest BCUT2D eigenvalue weighted by atomic mass is 35.5. The maximum atomic E-state index is 12.5. The lowest BCUT2D eigenvalue weighted by molar-refractivity contribution is -0.128. The van der Waals surface area contributed by atoms with E-state index in [1.807, 2.05) is 13.8 Å². The van der Waals surface area contributed by atoms with Crippen LogP contribution >= 0.6 is 12.4 Å². The van der Waals surface area contributed by atoms with Gasteiger partial charge in [-0.15, -0.1) is 12.4 Å². The van der Waals surface area contributed by atoms with Crippen LogP contribution in [-0.4, -0.2) is 24.6 Å². The van der Waals surface area contributed by atoms with E-state index >= 15 is 0 Å². The molecule has 1 fully saturated rings. The molecule has 1 aromatic carbocycles. The van der Waals surface area contributed by atoms with Gasteiger partial charge in [-0.25, -0.2) is 0 Å². The van der Waals surface area contributed by atoms with Gasteiger partial charge in [0.05, 0.1) is 11.6 Å². The highest BCUT2D eigenvalue weighted by molar-refractivity contribution is 5.87. The molecule has 0 saturated carbocycles. The smallest absolute Gasteiger partial charge is 0.387 e. The fraction of sp³-hybridized carbons (Fsp3) is 0.562. The van der Waals surface area contributed by atoms with E-state index in [1.165, 1.54) is 12.1 Å². The number of halogens is 3. The largest absolute Gasteiger partial charge is 0.435 e. The van der Waals surface area contributed by atoms with Gasteiger partial charge in [-0.1, -0.05) is 19.1 Å². The van der Waals surface area contributed by atoms with Crippen LogP contribution in [0.5, 0.6) is 5.75 Å². The van der Waals surface area contributed by atoms with Gasteiger partial charge in [0.1, 0.15) is 5.75 Å². The second-order valence-electron chi connectivity index (χ2n) is 5.61. The van der Waals surface area contributed by atoms with E-state index in [-0.39, 0.29) is 30.1 Å². The van der Waals surface area contributed by atoms with Crippen LogP contribution in [0.15, 0.2) is 24.3 Å². The van der Waals surface area contributed by atoms with Crippen LogP contribution in [0.1, 0.15) is 44.7 Å². The number of carbonyl (C=O) groups is 1. The van der Waals surface area contributed by atoms with Gasteiger partial charge in [0, 0.05) is 0 Å². The summed E-state index contributed by atoms with van der Waals surface area (Å²) >= 11 is 0. The van der Waals surface area contributed by atoms with Gasteiger partial charge in [0.15, 0.2) is 0 Å². The number of carbonyl (C=O) groups excluding carboxylic acids is 1. The minimum absolute atomic E-state index is 0. The Labute approximate surface area is 141 Å². The molecule has 4 nitrogen and oxygen atoms in total. The summed E-state index contributed by atoms with van der Waals surface area (Å²) in [6.45, 7) is 1.80. The van der Waals surface area contributed by atoms with Crippen molar-refractivity contribution in [3.8, 4) is 5.75 Å². The molecule has 0 radical (unpaired) electrons. The van der Waals surface area contributed by atoms with E-state index in [9.17, 15) is 13.6 Å². The minimum atomic E-state index is -2.86. The lowest BCUT2D eigenvalue weighted by Gasteiger charge is -2.29. The van der Waals surface area contributed by atoms with Crippen molar-refractivity contribution >= 4 is 18.3 Å². The quantitative estimate of drug-likeness (QED) is 0.828. The molecule has 1 saturated heterocycles. The van der Waals surface area contributed by atoms with Crippen LogP contribution in [-0.2, 0) is 4.79 Å². The van der Waals surface area contributed by atoms with Crippen molar-refractivity contribution in [3.05, 3.63) is 29.8 Å². The number of ether oxygens (including phenoxy) is 1. The zero-order valence-electron chi connectivity index (χ0n) is 13.3. The molecule has 1 aliphatic heterocycles. The van der Waals surface area contributed by atoms with E-state index < -0.39 is 12.2 Å². The summed E-state index contributed by atoms with van der Waals surface area (Å²) in [5.74, 6) is 0.0537. The highest BCUT2D eigenvalue weighted by Gasteiger charge is 2.39. The maximum Gasteiger partial charge on any atom is 0.387 e. The second kappa shape index (κ2) is 8.45. The molecule has 1 aromatic rings. The number of alkyl halides is 2. The van der Waals surface area contributed by atoms with Gasteiger partial charge in [0.2, 0.25) is 5.91 Å². The Balaban J connectivity index is 0.00000264. The molecule has 1 aliphatic rings. The van der Waals surface area contributed by atoms with Gasteiger partial charge in [0.25, 0.3) is 0 Å². The van der Waals surface area contributed by atoms with Gasteiger partial charge in [-0.3, -0.25) is 4.79 Å². The Kier molecular flexibility index (Phi) is 7.22. The average molecular weight is 349 g/mol. The lowest BCUT2D eigenvalue weighted by atomic mass is 9.92. The van der Waals surface area contributed by atoms with Crippen LogP contribution < -0.4 is 15.4 Å². The van der Waals surface area contributed by atoms with Crippen molar-refractivity contribution in [3.63, 3.8) is 0 Å². The zero-order valence-corrected chi connectivity index (χ0v) is 14.1. The monoisotopic (exact) mass is 348 g/mol. The minimum Gasteiger partial charge on any atom is -0.435 e. The molecule has 1 heterocycles. The molecular weight excluding hydrogens is 326 g/mol. The lowest BCUT2D eigenvalue weighted by Crippen LogP contribution is -2.53. The second-order valence-corrected chi connectivity index (χ2v) is 5.61. The molecule has 2 atom stereocenters. The van der Waals surface area contributed by atoms with Crippen LogP contribution in [0.4, 0.5) is 8.78 Å². The molecule has 0 spiro atoms. The van der Waals surface area contributed by atoms with E-state index in [1.54, 1.807) is 12.1 Å². The Morgan fingerprint density at radius 1 is 1.48 bits per heavy atom. The van der Waals surface area contributed by atoms with E-state index in [2.05, 4.69) is 15.4 Å². The van der Waals surface area contributed by atoms with E-state index in [0.717, 1.165) is 31.4 Å². The normalized spacial score (nSPS) is 21.6. The molecule has 2 N–H and O–H groups in total. The number of benzene rings is 1. The topological polar surface area (TPSA) is 50.4 Å². The fourth-order valence-electron chi connectivity index (χ4n) is 2.84. The molecule has 0 aliphatic carbocycles. The highest BCUT2D eigenvalue weighted by Crippen LogP contribution is 2.25. The first-order chi connectivity index (χ1) is 10.5. The summed E-state index contributed by atoms with van der Waals surface area (Å²) in [5, 5.41) is 6.24. The molecule has 0 aromatic heterocycles. The first-order valence-corrected chi connectivity index (χ1v) is 7.57. The number of nitrogens with one attached hydrogen (secondary N) is 2. The number of hydrogen-bond donors (Lipinski definition) is 2. The molecule has 2 rings (SSSR count). The van der Waals surface area contributed by atoms with E-state index in [4.69, 9.17) is 0 Å². The van der Waals surface area contributed by atoms with Crippen LogP contribution in [0.3, 0.4) is 0 Å². The van der Waals surface area contributed by atoms with Crippen molar-refractivity contribution in [2.45, 2.75) is 51.3 Å². The molecule has 0 bridgehead atoms. The zero-order chi connectivity index (χ0) is 16.2. The van der Waals surface area contributed by atoms with Gasteiger partial charge in [-0.2, -0.15) is 8.78 Å². The summed E-state index contributed by atoms with van der Waals surface area (Å²) in [6.07, 6.45) is 2.52. The van der Waals surface area contributed by atoms with Crippen molar-refractivity contribution < 1.29 is 18.3 Å². The number of rotatable bonds is 6. The SMILES string of the molecule is CCC1(C(=O)NC(C)c2cccc(OC(F)F)c2)CCCN1.Cl. The molecule has 1 amide bonds. The van der Waals surface area contributed by atoms with Gasteiger partial charge < -0.3 is 15.4 Å². The van der Waals surface area contributed by atoms with Crippen molar-refractivity contribution in [2.24, 2.45) is 0 Å². The molecule has 130 valence electrons. The van der Waals surface area contributed by atoms with Crippen molar-refractivity contribution in [1.82, 2.24) is 10.6 Å². The third-order valence-electron chi connectivity index (χ3n) is 4.21. The van der Waals surface area contributed by atoms with Crippen molar-refractivity contribution in [2.75, 3.05) is 6.54 Å². The Morgan fingerprint density at radius 2 is 2.22 bits per heavy atom. The first kappa shape index (κ1) is 19.6. The first-order valence-electron chi connectivity index (χ1n) is 7.57. The molecule has 7 heteroatoms. The van der Waals surface area contributed by atoms with Gasteiger partial charge >= 0.3 is 6.61 Å². The van der Waals surface area contributed by atoms with Crippen LogP contribution in [0.25, 0.3) is 0 Å². The van der Waals surface area contributed by atoms with Crippen LogP contribution in [0, 0.1) is 0 Å². The van der Waals surface area contributed by atoms with Gasteiger partial charge in [-0.05, 0) is 50.4 Å². The summed E-state index contributed by atoms with van der Waals surface area (Å²) in [4.78, 5) is 12.5. The predicted molar refractivity (Wildman–Crippen MR) is 87.1 cm³/mol. The Bertz CT molecular complexity index is 523. The maximum absolute atomic E-state index is 12.5. The Hall–Kier alpha value is -1.40. The Morgan fingerprint density at radius 3 is 2.78 bits per heavy atom.